The Morgan fingerprint density at radius 2 is 1.88 bits per heavy atom. The van der Waals surface area contributed by atoms with Crippen molar-refractivity contribution in [2.75, 3.05) is 11.1 Å². The van der Waals surface area contributed by atoms with Crippen molar-refractivity contribution in [2.45, 2.75) is 11.8 Å². The number of halogens is 2. The Labute approximate surface area is 146 Å². The fraction of sp³-hybridized carbons (Fsp3) is 0.125. The van der Waals surface area contributed by atoms with Gasteiger partial charge in [0.25, 0.3) is 5.91 Å². The molecular weight excluding hydrogens is 370 g/mol. The molecule has 5 nitrogen and oxygen atoms in total. The van der Waals surface area contributed by atoms with Crippen LogP contribution in [-0.4, -0.2) is 25.1 Å². The molecule has 3 aromatic rings. The molecule has 0 spiro atoms. The molecule has 1 N–H and O–H groups in total. The van der Waals surface area contributed by atoms with Crippen LogP contribution in [0.5, 0.6) is 0 Å². The van der Waals surface area contributed by atoms with Crippen LogP contribution in [0.15, 0.2) is 41.3 Å². The van der Waals surface area contributed by atoms with Gasteiger partial charge in [0.15, 0.2) is 26.6 Å². The second-order valence-electron chi connectivity index (χ2n) is 5.11. The van der Waals surface area contributed by atoms with E-state index >= 15 is 0 Å². The molecular formula is C16H12F2N2O3S2. The number of anilines is 1. The molecule has 0 aliphatic heterocycles. The summed E-state index contributed by atoms with van der Waals surface area (Å²) < 4.78 is 51.1. The van der Waals surface area contributed by atoms with Crippen molar-refractivity contribution in [3.05, 3.63) is 53.6 Å². The summed E-state index contributed by atoms with van der Waals surface area (Å²) in [6.07, 6.45) is 0. The number of rotatable bonds is 4. The summed E-state index contributed by atoms with van der Waals surface area (Å²) in [6, 6.07) is 7.76. The lowest BCUT2D eigenvalue weighted by Gasteiger charge is -2.08. The summed E-state index contributed by atoms with van der Waals surface area (Å²) in [4.78, 5) is 16.4. The zero-order chi connectivity index (χ0) is 18.2. The maximum atomic E-state index is 13.3. The molecule has 0 radical (unpaired) electrons. The Bertz CT molecular complexity index is 1040. The maximum absolute atomic E-state index is 13.3. The lowest BCUT2D eigenvalue weighted by Crippen LogP contribution is -2.17. The van der Waals surface area contributed by atoms with Gasteiger partial charge in [-0.1, -0.05) is 30.4 Å². The van der Waals surface area contributed by atoms with E-state index in [1.165, 1.54) is 25.1 Å². The molecule has 0 fully saturated rings. The number of benzene rings is 2. The van der Waals surface area contributed by atoms with Gasteiger partial charge >= 0.3 is 0 Å². The highest BCUT2D eigenvalue weighted by atomic mass is 32.2. The van der Waals surface area contributed by atoms with Crippen LogP contribution in [0, 0.1) is 11.6 Å². The standard InChI is InChI=1S/C16H12F2N2O3S2/c1-2-25(22,23)14-6-4-3-5-9(14)15(21)20-16-19-12-7-10(17)11(18)8-13(12)24-16/h3-8H,2H2,1H3,(H,19,20,21). The predicted molar refractivity (Wildman–Crippen MR) is 91.7 cm³/mol. The molecule has 2 aromatic carbocycles. The van der Waals surface area contributed by atoms with E-state index in [0.29, 0.717) is 4.70 Å². The van der Waals surface area contributed by atoms with Crippen LogP contribution in [-0.2, 0) is 9.84 Å². The Morgan fingerprint density at radius 3 is 2.60 bits per heavy atom. The Morgan fingerprint density at radius 1 is 1.20 bits per heavy atom. The number of sulfone groups is 1. The van der Waals surface area contributed by atoms with E-state index in [1.54, 1.807) is 6.07 Å². The fourth-order valence-electron chi connectivity index (χ4n) is 2.22. The van der Waals surface area contributed by atoms with Crippen LogP contribution in [0.3, 0.4) is 0 Å². The average molecular weight is 382 g/mol. The zero-order valence-electron chi connectivity index (χ0n) is 12.9. The molecule has 0 saturated carbocycles. The monoisotopic (exact) mass is 382 g/mol. The summed E-state index contributed by atoms with van der Waals surface area (Å²) in [7, 11) is -3.58. The molecule has 3 rings (SSSR count). The topological polar surface area (TPSA) is 76.1 Å². The van der Waals surface area contributed by atoms with Crippen molar-refractivity contribution in [1.29, 1.82) is 0 Å². The van der Waals surface area contributed by atoms with Crippen molar-refractivity contribution < 1.29 is 22.0 Å². The molecule has 0 aliphatic carbocycles. The number of nitrogens with zero attached hydrogens (tertiary/aromatic N) is 1. The number of amides is 1. The number of carbonyl (C=O) groups is 1. The van der Waals surface area contributed by atoms with Crippen LogP contribution in [0.25, 0.3) is 10.2 Å². The number of nitrogens with one attached hydrogen (secondary N) is 1. The lowest BCUT2D eigenvalue weighted by molar-refractivity contribution is 0.102. The average Bonchev–Trinajstić information content (AvgIpc) is 2.96. The smallest absolute Gasteiger partial charge is 0.258 e. The maximum Gasteiger partial charge on any atom is 0.258 e. The minimum absolute atomic E-state index is 0.0130. The molecule has 0 bridgehead atoms. The largest absolute Gasteiger partial charge is 0.298 e. The predicted octanol–water partition coefficient (Wildman–Crippen LogP) is 3.62. The van der Waals surface area contributed by atoms with Crippen molar-refractivity contribution in [1.82, 2.24) is 4.98 Å². The van der Waals surface area contributed by atoms with E-state index in [0.717, 1.165) is 23.5 Å². The Hall–Kier alpha value is -2.39. The van der Waals surface area contributed by atoms with Gasteiger partial charge < -0.3 is 0 Å². The van der Waals surface area contributed by atoms with Gasteiger partial charge in [-0.2, -0.15) is 0 Å². The van der Waals surface area contributed by atoms with Crippen molar-refractivity contribution in [3.63, 3.8) is 0 Å². The first-order valence-electron chi connectivity index (χ1n) is 7.20. The first kappa shape index (κ1) is 17.4. The SMILES string of the molecule is CCS(=O)(=O)c1ccccc1C(=O)Nc1nc2cc(F)c(F)cc2s1. The first-order chi connectivity index (χ1) is 11.8. The number of hydrogen-bond donors (Lipinski definition) is 1. The van der Waals surface area contributed by atoms with Crippen LogP contribution in [0.2, 0.25) is 0 Å². The summed E-state index contributed by atoms with van der Waals surface area (Å²) in [6.45, 7) is 1.49. The number of thiazole rings is 1. The molecule has 0 unspecified atom stereocenters. The fourth-order valence-corrected chi connectivity index (χ4v) is 4.18. The van der Waals surface area contributed by atoms with E-state index in [4.69, 9.17) is 0 Å². The highest BCUT2D eigenvalue weighted by Crippen LogP contribution is 2.28. The molecule has 25 heavy (non-hydrogen) atoms. The van der Waals surface area contributed by atoms with Crippen molar-refractivity contribution >= 4 is 42.4 Å². The summed E-state index contributed by atoms with van der Waals surface area (Å²) in [5, 5.41) is 2.60. The van der Waals surface area contributed by atoms with Crippen LogP contribution >= 0.6 is 11.3 Å². The summed E-state index contributed by atoms with van der Waals surface area (Å²) >= 11 is 0.963. The van der Waals surface area contributed by atoms with Crippen LogP contribution < -0.4 is 5.32 Å². The molecule has 0 saturated heterocycles. The molecule has 0 atom stereocenters. The van der Waals surface area contributed by atoms with E-state index in [1.807, 2.05) is 0 Å². The van der Waals surface area contributed by atoms with Crippen molar-refractivity contribution in [2.24, 2.45) is 0 Å². The van der Waals surface area contributed by atoms with Gasteiger partial charge in [0.05, 0.1) is 26.4 Å². The van der Waals surface area contributed by atoms with E-state index in [2.05, 4.69) is 10.3 Å². The van der Waals surface area contributed by atoms with Gasteiger partial charge in [-0.05, 0) is 18.2 Å². The van der Waals surface area contributed by atoms with E-state index in [9.17, 15) is 22.0 Å². The van der Waals surface area contributed by atoms with E-state index < -0.39 is 27.4 Å². The summed E-state index contributed by atoms with van der Waals surface area (Å²) in [5.41, 5.74) is 0.189. The van der Waals surface area contributed by atoms with Gasteiger partial charge in [-0.15, -0.1) is 0 Å². The summed E-state index contributed by atoms with van der Waals surface area (Å²) in [5.74, 6) is -2.84. The van der Waals surface area contributed by atoms with Crippen LogP contribution in [0.1, 0.15) is 17.3 Å². The van der Waals surface area contributed by atoms with Gasteiger partial charge in [-0.25, -0.2) is 22.2 Å². The minimum Gasteiger partial charge on any atom is -0.298 e. The quantitative estimate of drug-likeness (QED) is 0.748. The molecule has 0 aliphatic rings. The highest BCUT2D eigenvalue weighted by molar-refractivity contribution is 7.91. The number of aromatic nitrogens is 1. The Balaban J connectivity index is 1.96. The lowest BCUT2D eigenvalue weighted by atomic mass is 10.2. The molecule has 1 heterocycles. The minimum atomic E-state index is -3.58. The first-order valence-corrected chi connectivity index (χ1v) is 9.67. The normalized spacial score (nSPS) is 11.6. The highest BCUT2D eigenvalue weighted by Gasteiger charge is 2.21. The molecule has 130 valence electrons. The third-order valence-electron chi connectivity index (χ3n) is 3.50. The zero-order valence-corrected chi connectivity index (χ0v) is 14.5. The second-order valence-corrected chi connectivity index (χ2v) is 8.38. The van der Waals surface area contributed by atoms with Gasteiger partial charge in [0.2, 0.25) is 0 Å². The third kappa shape index (κ3) is 3.38. The third-order valence-corrected chi connectivity index (χ3v) is 6.22. The molecule has 1 amide bonds. The second kappa shape index (κ2) is 6.49. The van der Waals surface area contributed by atoms with Gasteiger partial charge in [-0.3, -0.25) is 10.1 Å². The van der Waals surface area contributed by atoms with E-state index in [-0.39, 0.29) is 26.9 Å². The number of hydrogen-bond acceptors (Lipinski definition) is 5. The number of fused-ring (bicyclic) bond motifs is 1. The Kier molecular flexibility index (Phi) is 4.53. The van der Waals surface area contributed by atoms with Gasteiger partial charge in [0.1, 0.15) is 0 Å². The van der Waals surface area contributed by atoms with Gasteiger partial charge in [0, 0.05) is 6.07 Å². The molecule has 9 heteroatoms. The van der Waals surface area contributed by atoms with Crippen LogP contribution in [0.4, 0.5) is 13.9 Å². The number of carbonyl (C=O) groups excluding carboxylic acids is 1. The van der Waals surface area contributed by atoms with Crippen molar-refractivity contribution in [3.8, 4) is 0 Å². The molecule has 1 aromatic heterocycles.